The molecule has 0 atom stereocenters. The van der Waals surface area contributed by atoms with E-state index in [1.54, 1.807) is 22.8 Å². The van der Waals surface area contributed by atoms with Crippen molar-refractivity contribution in [2.75, 3.05) is 18.2 Å². The maximum atomic E-state index is 12.5. The fourth-order valence-electron chi connectivity index (χ4n) is 2.71. The number of thioether (sulfide) groups is 1. The molecule has 3 aromatic rings. The fourth-order valence-corrected chi connectivity index (χ4v) is 4.56. The van der Waals surface area contributed by atoms with Crippen LogP contribution in [0.25, 0.3) is 0 Å². The van der Waals surface area contributed by atoms with Gasteiger partial charge in [-0.15, -0.1) is 21.5 Å². The summed E-state index contributed by atoms with van der Waals surface area (Å²) in [5, 5.41) is 12.8. The summed E-state index contributed by atoms with van der Waals surface area (Å²) in [6.07, 6.45) is 0.763. The van der Waals surface area contributed by atoms with Gasteiger partial charge in [0.1, 0.15) is 17.4 Å². The average molecular weight is 495 g/mol. The average Bonchev–Trinajstić information content (AvgIpc) is 3.35. The minimum atomic E-state index is -0.474. The highest BCUT2D eigenvalue weighted by atomic mass is 35.5. The van der Waals surface area contributed by atoms with Crippen LogP contribution < -0.4 is 10.1 Å². The third-order valence-electron chi connectivity index (χ3n) is 4.54. The number of hydrogen-bond acceptors (Lipinski definition) is 8. The summed E-state index contributed by atoms with van der Waals surface area (Å²) < 4.78 is 12.4. The number of anilines is 1. The molecule has 0 unspecified atom stereocenters. The van der Waals surface area contributed by atoms with Crippen molar-refractivity contribution < 1.29 is 19.1 Å². The van der Waals surface area contributed by atoms with E-state index in [4.69, 9.17) is 21.1 Å². The minimum absolute atomic E-state index is 0.114. The molecule has 170 valence electrons. The highest BCUT2D eigenvalue weighted by molar-refractivity contribution is 7.99. The number of aromatic nitrogens is 3. The molecule has 2 aromatic heterocycles. The van der Waals surface area contributed by atoms with Crippen molar-refractivity contribution in [2.24, 2.45) is 7.05 Å². The first kappa shape index (κ1) is 24.1. The highest BCUT2D eigenvalue weighted by Gasteiger charge is 2.19. The fraction of sp³-hybridized carbons (Fsp3) is 0.333. The number of nitrogens with one attached hydrogen (secondary N) is 1. The SMILES string of the molecule is CCc1cc(C(=O)OC)c(NC(=O)CSc2nnc(COc3ccc(Cl)c(C)c3)n2C)s1. The zero-order valence-electron chi connectivity index (χ0n) is 18.1. The Kier molecular flexibility index (Phi) is 8.16. The largest absolute Gasteiger partial charge is 0.486 e. The number of hydrogen-bond donors (Lipinski definition) is 1. The van der Waals surface area contributed by atoms with Crippen molar-refractivity contribution >= 4 is 51.6 Å². The number of aryl methyl sites for hydroxylation is 2. The van der Waals surface area contributed by atoms with Crippen molar-refractivity contribution in [3.8, 4) is 5.75 Å². The van der Waals surface area contributed by atoms with Crippen molar-refractivity contribution in [1.82, 2.24) is 14.8 Å². The number of benzene rings is 1. The molecule has 0 saturated heterocycles. The number of halogens is 1. The summed E-state index contributed by atoms with van der Waals surface area (Å²) >= 11 is 8.65. The number of thiophene rings is 1. The number of esters is 1. The first-order valence-electron chi connectivity index (χ1n) is 9.73. The molecule has 0 aliphatic rings. The van der Waals surface area contributed by atoms with Crippen LogP contribution in [0.3, 0.4) is 0 Å². The molecule has 0 saturated carbocycles. The predicted octanol–water partition coefficient (Wildman–Crippen LogP) is 4.50. The van der Waals surface area contributed by atoms with Gasteiger partial charge in [0.25, 0.3) is 0 Å². The molecule has 0 spiro atoms. The molecule has 1 N–H and O–H groups in total. The summed E-state index contributed by atoms with van der Waals surface area (Å²) in [5.74, 6) is 0.704. The summed E-state index contributed by atoms with van der Waals surface area (Å²) in [6.45, 7) is 4.12. The Morgan fingerprint density at radius 1 is 1.28 bits per heavy atom. The molecule has 3 rings (SSSR count). The zero-order chi connectivity index (χ0) is 23.3. The van der Waals surface area contributed by atoms with Gasteiger partial charge in [-0.2, -0.15) is 0 Å². The first-order chi connectivity index (χ1) is 15.3. The molecule has 0 radical (unpaired) electrons. The number of ether oxygens (including phenoxy) is 2. The van der Waals surface area contributed by atoms with Crippen LogP contribution in [-0.4, -0.2) is 39.5 Å². The molecule has 0 aliphatic heterocycles. The van der Waals surface area contributed by atoms with Crippen LogP contribution in [0.15, 0.2) is 29.4 Å². The molecule has 1 aromatic carbocycles. The third-order valence-corrected chi connectivity index (χ3v) is 7.18. The molecule has 0 aliphatic carbocycles. The maximum absolute atomic E-state index is 12.5. The second kappa shape index (κ2) is 10.8. The third kappa shape index (κ3) is 5.81. The van der Waals surface area contributed by atoms with Gasteiger partial charge in [-0.05, 0) is 43.2 Å². The molecular formula is C21H23ClN4O4S2. The number of methoxy groups -OCH3 is 1. The lowest BCUT2D eigenvalue weighted by molar-refractivity contribution is -0.113. The Hall–Kier alpha value is -2.56. The smallest absolute Gasteiger partial charge is 0.340 e. The summed E-state index contributed by atoms with van der Waals surface area (Å²) in [7, 11) is 3.13. The monoisotopic (exact) mass is 494 g/mol. The summed E-state index contributed by atoms with van der Waals surface area (Å²) in [6, 6.07) is 7.18. The number of amides is 1. The van der Waals surface area contributed by atoms with Crippen molar-refractivity contribution in [3.05, 3.63) is 51.1 Å². The summed E-state index contributed by atoms with van der Waals surface area (Å²) in [4.78, 5) is 25.4. The van der Waals surface area contributed by atoms with E-state index in [0.29, 0.717) is 32.3 Å². The second-order valence-corrected chi connectivity index (χ2v) is 9.28. The molecule has 2 heterocycles. The Morgan fingerprint density at radius 3 is 2.75 bits per heavy atom. The van der Waals surface area contributed by atoms with Crippen LogP contribution in [0.1, 0.15) is 33.5 Å². The van der Waals surface area contributed by atoms with Crippen LogP contribution in [0.5, 0.6) is 5.75 Å². The molecular weight excluding hydrogens is 472 g/mol. The molecule has 11 heteroatoms. The van der Waals surface area contributed by atoms with E-state index in [1.165, 1.54) is 30.2 Å². The highest BCUT2D eigenvalue weighted by Crippen LogP contribution is 2.29. The van der Waals surface area contributed by atoms with E-state index >= 15 is 0 Å². The first-order valence-corrected chi connectivity index (χ1v) is 11.9. The zero-order valence-corrected chi connectivity index (χ0v) is 20.5. The van der Waals surface area contributed by atoms with Crippen LogP contribution >= 0.6 is 34.7 Å². The molecule has 0 bridgehead atoms. The number of carbonyl (C=O) groups is 2. The van der Waals surface area contributed by atoms with Crippen LogP contribution in [0.4, 0.5) is 5.00 Å². The number of rotatable bonds is 9. The van der Waals surface area contributed by atoms with Crippen LogP contribution in [0.2, 0.25) is 5.02 Å². The Bertz CT molecular complexity index is 1130. The van der Waals surface area contributed by atoms with Crippen molar-refractivity contribution in [1.29, 1.82) is 0 Å². The number of nitrogens with zero attached hydrogens (tertiary/aromatic N) is 3. The Morgan fingerprint density at radius 2 is 2.06 bits per heavy atom. The quantitative estimate of drug-likeness (QED) is 0.345. The Labute approximate surface area is 199 Å². The van der Waals surface area contributed by atoms with Gasteiger partial charge in [0.05, 0.1) is 18.4 Å². The van der Waals surface area contributed by atoms with Gasteiger partial charge < -0.3 is 19.4 Å². The van der Waals surface area contributed by atoms with E-state index in [9.17, 15) is 9.59 Å². The maximum Gasteiger partial charge on any atom is 0.340 e. The van der Waals surface area contributed by atoms with Gasteiger partial charge in [-0.3, -0.25) is 4.79 Å². The van der Waals surface area contributed by atoms with E-state index in [2.05, 4.69) is 15.5 Å². The lowest BCUT2D eigenvalue weighted by Gasteiger charge is -2.08. The van der Waals surface area contributed by atoms with Gasteiger partial charge >= 0.3 is 5.97 Å². The molecule has 8 nitrogen and oxygen atoms in total. The van der Waals surface area contributed by atoms with E-state index in [0.717, 1.165) is 16.9 Å². The molecule has 32 heavy (non-hydrogen) atoms. The minimum Gasteiger partial charge on any atom is -0.486 e. The van der Waals surface area contributed by atoms with E-state index in [-0.39, 0.29) is 18.3 Å². The predicted molar refractivity (Wildman–Crippen MR) is 126 cm³/mol. The van der Waals surface area contributed by atoms with Crippen LogP contribution in [-0.2, 0) is 29.6 Å². The Balaban J connectivity index is 1.58. The standard InChI is InChI=1S/C21H23ClN4O4S2/c1-5-14-9-15(20(28)29-4)19(32-14)23-18(27)11-31-21-25-24-17(26(21)3)10-30-13-6-7-16(22)12(2)8-13/h6-9H,5,10-11H2,1-4H3,(H,23,27). The van der Waals surface area contributed by atoms with Gasteiger partial charge in [-0.25, -0.2) is 4.79 Å². The molecule has 1 amide bonds. The molecule has 0 fully saturated rings. The van der Waals surface area contributed by atoms with Crippen LogP contribution in [0, 0.1) is 6.92 Å². The van der Waals surface area contributed by atoms with E-state index in [1.807, 2.05) is 27.0 Å². The second-order valence-electron chi connectivity index (χ2n) is 6.79. The topological polar surface area (TPSA) is 95.3 Å². The van der Waals surface area contributed by atoms with Gasteiger partial charge in [0.2, 0.25) is 5.91 Å². The summed E-state index contributed by atoms with van der Waals surface area (Å²) in [5.41, 5.74) is 1.29. The normalized spacial score (nSPS) is 10.8. The van der Waals surface area contributed by atoms with Gasteiger partial charge in [-0.1, -0.05) is 30.3 Å². The lowest BCUT2D eigenvalue weighted by Crippen LogP contribution is -2.16. The lowest BCUT2D eigenvalue weighted by atomic mass is 10.2. The van der Waals surface area contributed by atoms with E-state index < -0.39 is 5.97 Å². The van der Waals surface area contributed by atoms with Gasteiger partial charge in [0, 0.05) is 16.9 Å². The van der Waals surface area contributed by atoms with Crippen molar-refractivity contribution in [3.63, 3.8) is 0 Å². The van der Waals surface area contributed by atoms with Gasteiger partial charge in [0.15, 0.2) is 11.0 Å². The number of carbonyl (C=O) groups excluding carboxylic acids is 2. The van der Waals surface area contributed by atoms with Crippen molar-refractivity contribution in [2.45, 2.75) is 32.0 Å².